The quantitative estimate of drug-likeness (QED) is 0.791. The predicted octanol–water partition coefficient (Wildman–Crippen LogP) is 3.36. The predicted molar refractivity (Wildman–Crippen MR) is 75.0 cm³/mol. The average molecular weight is 266 g/mol. The second kappa shape index (κ2) is 5.83. The van der Waals surface area contributed by atoms with E-state index in [1.54, 1.807) is 17.5 Å². The van der Waals surface area contributed by atoms with E-state index >= 15 is 0 Å². The van der Waals surface area contributed by atoms with Gasteiger partial charge < -0.3 is 4.90 Å². The molecule has 1 heterocycles. The molecule has 1 saturated carbocycles. The van der Waals surface area contributed by atoms with Crippen molar-refractivity contribution in [1.82, 2.24) is 9.88 Å². The van der Waals surface area contributed by atoms with Crippen LogP contribution >= 0.6 is 11.3 Å². The van der Waals surface area contributed by atoms with Crippen LogP contribution in [0.5, 0.6) is 0 Å². The van der Waals surface area contributed by atoms with Crippen molar-refractivity contribution in [3.63, 3.8) is 0 Å². The molecule has 0 aliphatic heterocycles. The molecule has 0 unspecified atom stereocenters. The van der Waals surface area contributed by atoms with E-state index in [0.717, 1.165) is 29.3 Å². The first-order valence-corrected chi connectivity index (χ1v) is 7.69. The van der Waals surface area contributed by atoms with E-state index in [0.29, 0.717) is 12.0 Å². The SMILES string of the molecule is CCc1ncc(C(=O)N(CCC(C)C)C2CC2)s1. The van der Waals surface area contributed by atoms with Crippen molar-refractivity contribution in [2.75, 3.05) is 6.54 Å². The lowest BCUT2D eigenvalue weighted by Crippen LogP contribution is -2.34. The van der Waals surface area contributed by atoms with E-state index in [2.05, 4.69) is 30.7 Å². The Morgan fingerprint density at radius 2 is 2.28 bits per heavy atom. The lowest BCUT2D eigenvalue weighted by molar-refractivity contribution is 0.0740. The highest BCUT2D eigenvalue weighted by Crippen LogP contribution is 2.30. The van der Waals surface area contributed by atoms with Gasteiger partial charge in [-0.05, 0) is 31.6 Å². The van der Waals surface area contributed by atoms with E-state index in [9.17, 15) is 4.79 Å². The van der Waals surface area contributed by atoms with Gasteiger partial charge in [-0.3, -0.25) is 4.79 Å². The summed E-state index contributed by atoms with van der Waals surface area (Å²) in [7, 11) is 0. The number of carbonyl (C=O) groups is 1. The number of aromatic nitrogens is 1. The van der Waals surface area contributed by atoms with Crippen molar-refractivity contribution < 1.29 is 4.79 Å². The van der Waals surface area contributed by atoms with E-state index in [-0.39, 0.29) is 5.91 Å². The maximum Gasteiger partial charge on any atom is 0.265 e. The third kappa shape index (κ3) is 3.31. The highest BCUT2D eigenvalue weighted by Gasteiger charge is 2.33. The molecule has 1 amide bonds. The third-order valence-electron chi connectivity index (χ3n) is 3.26. The highest BCUT2D eigenvalue weighted by molar-refractivity contribution is 7.13. The van der Waals surface area contributed by atoms with E-state index in [1.165, 1.54) is 12.8 Å². The first kappa shape index (κ1) is 13.5. The maximum absolute atomic E-state index is 12.5. The Morgan fingerprint density at radius 1 is 1.56 bits per heavy atom. The van der Waals surface area contributed by atoms with Crippen LogP contribution in [0.2, 0.25) is 0 Å². The van der Waals surface area contributed by atoms with Gasteiger partial charge >= 0.3 is 0 Å². The minimum Gasteiger partial charge on any atom is -0.335 e. The van der Waals surface area contributed by atoms with Crippen molar-refractivity contribution >= 4 is 17.2 Å². The van der Waals surface area contributed by atoms with Gasteiger partial charge in [0.15, 0.2) is 0 Å². The number of amides is 1. The molecule has 0 aromatic carbocycles. The van der Waals surface area contributed by atoms with Gasteiger partial charge in [0.25, 0.3) is 5.91 Å². The van der Waals surface area contributed by atoms with Crippen molar-refractivity contribution in [1.29, 1.82) is 0 Å². The summed E-state index contributed by atoms with van der Waals surface area (Å²) < 4.78 is 0. The Morgan fingerprint density at radius 3 is 2.78 bits per heavy atom. The molecule has 1 aliphatic rings. The van der Waals surface area contributed by atoms with Gasteiger partial charge in [-0.1, -0.05) is 20.8 Å². The van der Waals surface area contributed by atoms with Gasteiger partial charge in [0, 0.05) is 12.6 Å². The molecule has 1 aliphatic carbocycles. The first-order valence-electron chi connectivity index (χ1n) is 6.87. The molecule has 1 fully saturated rings. The zero-order valence-corrected chi connectivity index (χ0v) is 12.3. The van der Waals surface area contributed by atoms with Crippen LogP contribution in [-0.2, 0) is 6.42 Å². The minimum atomic E-state index is 0.190. The summed E-state index contributed by atoms with van der Waals surface area (Å²) in [5.74, 6) is 0.835. The number of carbonyl (C=O) groups excluding carboxylic acids is 1. The Balaban J connectivity index is 2.03. The van der Waals surface area contributed by atoms with Crippen LogP contribution < -0.4 is 0 Å². The Kier molecular flexibility index (Phi) is 4.38. The average Bonchev–Trinajstić information content (AvgIpc) is 3.06. The molecular weight excluding hydrogens is 244 g/mol. The molecule has 0 N–H and O–H groups in total. The molecule has 2 rings (SSSR count). The monoisotopic (exact) mass is 266 g/mol. The summed E-state index contributed by atoms with van der Waals surface area (Å²) in [4.78, 5) is 19.6. The zero-order valence-electron chi connectivity index (χ0n) is 11.5. The fraction of sp³-hybridized carbons (Fsp3) is 0.714. The van der Waals surface area contributed by atoms with Crippen LogP contribution in [0.15, 0.2) is 6.20 Å². The number of aryl methyl sites for hydroxylation is 1. The third-order valence-corrected chi connectivity index (χ3v) is 4.39. The fourth-order valence-corrected chi connectivity index (χ4v) is 2.76. The minimum absolute atomic E-state index is 0.190. The summed E-state index contributed by atoms with van der Waals surface area (Å²) in [5, 5.41) is 1.05. The van der Waals surface area contributed by atoms with Crippen molar-refractivity contribution in [2.45, 2.75) is 52.5 Å². The van der Waals surface area contributed by atoms with E-state index in [1.807, 2.05) is 0 Å². The molecule has 1 aromatic heterocycles. The standard InChI is InChI=1S/C14H22N2OS/c1-4-13-15-9-12(18-13)14(17)16(11-5-6-11)8-7-10(2)3/h9-11H,4-8H2,1-3H3. The molecule has 3 nitrogen and oxygen atoms in total. The summed E-state index contributed by atoms with van der Waals surface area (Å²) in [5.41, 5.74) is 0. The number of rotatable bonds is 6. The van der Waals surface area contributed by atoms with Crippen LogP contribution in [-0.4, -0.2) is 28.4 Å². The molecular formula is C14H22N2OS. The summed E-state index contributed by atoms with van der Waals surface area (Å²) >= 11 is 1.55. The fourth-order valence-electron chi connectivity index (χ4n) is 1.95. The van der Waals surface area contributed by atoms with E-state index in [4.69, 9.17) is 0 Å². The molecule has 1 aromatic rings. The van der Waals surface area contributed by atoms with Crippen molar-refractivity contribution in [3.05, 3.63) is 16.1 Å². The summed E-state index contributed by atoms with van der Waals surface area (Å²) in [6.07, 6.45) is 6.08. The lowest BCUT2D eigenvalue weighted by Gasteiger charge is -2.22. The Labute approximate surface area is 113 Å². The second-order valence-corrected chi connectivity index (χ2v) is 6.50. The molecule has 4 heteroatoms. The van der Waals surface area contributed by atoms with Crippen LogP contribution in [0.1, 0.15) is 54.7 Å². The Bertz CT molecular complexity index is 410. The van der Waals surface area contributed by atoms with Gasteiger partial charge in [0.1, 0.15) is 4.88 Å². The van der Waals surface area contributed by atoms with Gasteiger partial charge in [0.05, 0.1) is 11.2 Å². The zero-order chi connectivity index (χ0) is 13.1. The van der Waals surface area contributed by atoms with Crippen LogP contribution in [0, 0.1) is 5.92 Å². The number of nitrogens with zero attached hydrogens (tertiary/aromatic N) is 2. The largest absolute Gasteiger partial charge is 0.335 e. The van der Waals surface area contributed by atoms with Gasteiger partial charge in [0.2, 0.25) is 0 Å². The highest BCUT2D eigenvalue weighted by atomic mass is 32.1. The van der Waals surface area contributed by atoms with Gasteiger partial charge in [-0.2, -0.15) is 0 Å². The van der Waals surface area contributed by atoms with Gasteiger partial charge in [-0.15, -0.1) is 11.3 Å². The summed E-state index contributed by atoms with van der Waals surface area (Å²) in [6.45, 7) is 7.37. The van der Waals surface area contributed by atoms with Gasteiger partial charge in [-0.25, -0.2) is 4.98 Å². The second-order valence-electron chi connectivity index (χ2n) is 5.38. The maximum atomic E-state index is 12.5. The van der Waals surface area contributed by atoms with Crippen LogP contribution in [0.25, 0.3) is 0 Å². The first-order chi connectivity index (χ1) is 8.61. The Hall–Kier alpha value is -0.900. The number of hydrogen-bond donors (Lipinski definition) is 0. The van der Waals surface area contributed by atoms with E-state index < -0.39 is 0 Å². The molecule has 18 heavy (non-hydrogen) atoms. The van der Waals surface area contributed by atoms with Crippen LogP contribution in [0.4, 0.5) is 0 Å². The summed E-state index contributed by atoms with van der Waals surface area (Å²) in [6, 6.07) is 0.489. The molecule has 0 radical (unpaired) electrons. The molecule has 0 bridgehead atoms. The molecule has 0 spiro atoms. The van der Waals surface area contributed by atoms with Crippen LogP contribution in [0.3, 0.4) is 0 Å². The lowest BCUT2D eigenvalue weighted by atomic mass is 10.1. The molecule has 0 saturated heterocycles. The van der Waals surface area contributed by atoms with Crippen molar-refractivity contribution in [2.24, 2.45) is 5.92 Å². The topological polar surface area (TPSA) is 33.2 Å². The smallest absolute Gasteiger partial charge is 0.265 e. The molecule has 0 atom stereocenters. The number of hydrogen-bond acceptors (Lipinski definition) is 3. The molecule has 100 valence electrons. The normalized spacial score (nSPS) is 15.1. The van der Waals surface area contributed by atoms with Crippen molar-refractivity contribution in [3.8, 4) is 0 Å². The number of thiazole rings is 1.